The molecule has 0 radical (unpaired) electrons. The van der Waals surface area contributed by atoms with Crippen molar-refractivity contribution in [3.8, 4) is 0 Å². The van der Waals surface area contributed by atoms with E-state index in [0.717, 1.165) is 25.9 Å². The number of nitrogens with zero attached hydrogens (tertiary/aromatic N) is 2. The highest BCUT2D eigenvalue weighted by Gasteiger charge is 2.35. The van der Waals surface area contributed by atoms with E-state index in [1.807, 2.05) is 0 Å². The summed E-state index contributed by atoms with van der Waals surface area (Å²) in [5.74, 6) is 0.261. The molecule has 1 atom stereocenters. The van der Waals surface area contributed by atoms with Crippen molar-refractivity contribution in [2.45, 2.75) is 31.7 Å². The first-order valence-electron chi connectivity index (χ1n) is 6.55. The summed E-state index contributed by atoms with van der Waals surface area (Å²) >= 11 is 0. The van der Waals surface area contributed by atoms with Crippen molar-refractivity contribution in [3.63, 3.8) is 0 Å². The normalized spacial score (nSPS) is 27.2. The summed E-state index contributed by atoms with van der Waals surface area (Å²) in [5, 5.41) is 0. The molecule has 2 aliphatic rings. The monoisotopic (exact) mass is 261 g/mol. The zero-order chi connectivity index (χ0) is 12.3. The molecular weight excluding hydrogens is 238 g/mol. The molecule has 2 heterocycles. The number of fused-ring (bicyclic) bond motifs is 1. The SMILES string of the molecule is NCCCCS(=O)(=O)N1CCN2CCCC2C1. The molecule has 0 spiro atoms. The number of hydrogen-bond donors (Lipinski definition) is 1. The van der Waals surface area contributed by atoms with Gasteiger partial charge in [-0.2, -0.15) is 4.31 Å². The molecule has 6 heteroatoms. The molecule has 100 valence electrons. The highest BCUT2D eigenvalue weighted by atomic mass is 32.2. The Kier molecular flexibility index (Phi) is 4.41. The van der Waals surface area contributed by atoms with Crippen molar-refractivity contribution in [2.24, 2.45) is 5.73 Å². The maximum Gasteiger partial charge on any atom is 0.214 e. The highest BCUT2D eigenvalue weighted by molar-refractivity contribution is 7.89. The van der Waals surface area contributed by atoms with E-state index < -0.39 is 10.0 Å². The van der Waals surface area contributed by atoms with E-state index in [0.29, 0.717) is 32.1 Å². The third-order valence-corrected chi connectivity index (χ3v) is 5.72. The summed E-state index contributed by atoms with van der Waals surface area (Å²) in [4.78, 5) is 2.42. The topological polar surface area (TPSA) is 66.6 Å². The first-order chi connectivity index (χ1) is 8.13. The molecule has 17 heavy (non-hydrogen) atoms. The van der Waals surface area contributed by atoms with E-state index in [9.17, 15) is 8.42 Å². The Morgan fingerprint density at radius 1 is 1.18 bits per heavy atom. The lowest BCUT2D eigenvalue weighted by Crippen LogP contribution is -2.52. The second kappa shape index (κ2) is 5.65. The van der Waals surface area contributed by atoms with Gasteiger partial charge in [-0.15, -0.1) is 0 Å². The number of hydrogen-bond acceptors (Lipinski definition) is 4. The largest absolute Gasteiger partial charge is 0.330 e. The van der Waals surface area contributed by atoms with Gasteiger partial charge in [0.1, 0.15) is 0 Å². The number of piperazine rings is 1. The van der Waals surface area contributed by atoms with Gasteiger partial charge in [-0.1, -0.05) is 0 Å². The van der Waals surface area contributed by atoms with Gasteiger partial charge in [-0.25, -0.2) is 8.42 Å². The molecule has 5 nitrogen and oxygen atoms in total. The minimum atomic E-state index is -3.04. The molecule has 0 aromatic carbocycles. The molecule has 0 saturated carbocycles. The number of sulfonamides is 1. The van der Waals surface area contributed by atoms with Gasteiger partial charge in [0.05, 0.1) is 5.75 Å². The molecule has 2 rings (SSSR count). The zero-order valence-corrected chi connectivity index (χ0v) is 11.2. The third kappa shape index (κ3) is 3.19. The average Bonchev–Trinajstić information content (AvgIpc) is 2.76. The van der Waals surface area contributed by atoms with Gasteiger partial charge in [0.2, 0.25) is 10.0 Å². The molecule has 1 unspecified atom stereocenters. The summed E-state index contributed by atoms with van der Waals surface area (Å²) in [6.07, 6.45) is 3.84. The predicted octanol–water partition coefficient (Wildman–Crippen LogP) is -0.165. The maximum absolute atomic E-state index is 12.1. The fraction of sp³-hybridized carbons (Fsp3) is 1.00. The Morgan fingerprint density at radius 2 is 2.00 bits per heavy atom. The molecule has 2 N–H and O–H groups in total. The van der Waals surface area contributed by atoms with Crippen molar-refractivity contribution >= 4 is 10.0 Å². The van der Waals surface area contributed by atoms with Gasteiger partial charge in [0.15, 0.2) is 0 Å². The Bertz CT molecular complexity index is 345. The van der Waals surface area contributed by atoms with Crippen LogP contribution in [-0.4, -0.2) is 62.1 Å². The molecule has 0 aliphatic carbocycles. The number of rotatable bonds is 5. The maximum atomic E-state index is 12.1. The minimum absolute atomic E-state index is 0.261. The molecule has 0 aromatic rings. The van der Waals surface area contributed by atoms with Gasteiger partial charge in [0.25, 0.3) is 0 Å². The first-order valence-corrected chi connectivity index (χ1v) is 8.16. The molecule has 0 aromatic heterocycles. The van der Waals surface area contributed by atoms with Crippen LogP contribution in [0.25, 0.3) is 0 Å². The molecule has 0 bridgehead atoms. The van der Waals surface area contributed by atoms with Crippen LogP contribution in [0.15, 0.2) is 0 Å². The second-order valence-electron chi connectivity index (χ2n) is 5.00. The fourth-order valence-corrected chi connectivity index (χ4v) is 4.36. The molecule has 2 saturated heterocycles. The summed E-state index contributed by atoms with van der Waals surface area (Å²) < 4.78 is 25.9. The molecule has 2 fully saturated rings. The number of unbranched alkanes of at least 4 members (excludes halogenated alkanes) is 1. The average molecular weight is 261 g/mol. The lowest BCUT2D eigenvalue weighted by Gasteiger charge is -2.36. The molecule has 2 aliphatic heterocycles. The third-order valence-electron chi connectivity index (χ3n) is 3.80. The van der Waals surface area contributed by atoms with Crippen LogP contribution in [0.5, 0.6) is 0 Å². The van der Waals surface area contributed by atoms with Gasteiger partial charge in [-0.05, 0) is 38.8 Å². The van der Waals surface area contributed by atoms with Crippen molar-refractivity contribution in [1.82, 2.24) is 9.21 Å². The van der Waals surface area contributed by atoms with Crippen LogP contribution < -0.4 is 5.73 Å². The van der Waals surface area contributed by atoms with Crippen LogP contribution in [-0.2, 0) is 10.0 Å². The molecule has 0 amide bonds. The van der Waals surface area contributed by atoms with E-state index >= 15 is 0 Å². The molecular formula is C11H23N3O2S. The summed E-state index contributed by atoms with van der Waals surface area (Å²) in [5.41, 5.74) is 5.39. The van der Waals surface area contributed by atoms with E-state index in [1.54, 1.807) is 4.31 Å². The van der Waals surface area contributed by atoms with Crippen LogP contribution in [0.1, 0.15) is 25.7 Å². The first kappa shape index (κ1) is 13.3. The van der Waals surface area contributed by atoms with E-state index in [-0.39, 0.29) is 5.75 Å². The van der Waals surface area contributed by atoms with Crippen LogP contribution >= 0.6 is 0 Å². The van der Waals surface area contributed by atoms with Crippen molar-refractivity contribution in [3.05, 3.63) is 0 Å². The minimum Gasteiger partial charge on any atom is -0.330 e. The Hall–Kier alpha value is -0.170. The van der Waals surface area contributed by atoms with Crippen LogP contribution in [0.4, 0.5) is 0 Å². The van der Waals surface area contributed by atoms with Crippen molar-refractivity contribution in [2.75, 3.05) is 38.5 Å². The second-order valence-corrected chi connectivity index (χ2v) is 7.09. The highest BCUT2D eigenvalue weighted by Crippen LogP contribution is 2.23. The van der Waals surface area contributed by atoms with Crippen molar-refractivity contribution < 1.29 is 8.42 Å². The number of nitrogens with two attached hydrogens (primary N) is 1. The van der Waals surface area contributed by atoms with Crippen LogP contribution in [0.3, 0.4) is 0 Å². The fourth-order valence-electron chi connectivity index (χ4n) is 2.77. The van der Waals surface area contributed by atoms with Crippen LogP contribution in [0.2, 0.25) is 0 Å². The van der Waals surface area contributed by atoms with Crippen LogP contribution in [0, 0.1) is 0 Å². The van der Waals surface area contributed by atoms with E-state index in [4.69, 9.17) is 5.73 Å². The van der Waals surface area contributed by atoms with Crippen molar-refractivity contribution in [1.29, 1.82) is 0 Å². The lowest BCUT2D eigenvalue weighted by atomic mass is 10.2. The lowest BCUT2D eigenvalue weighted by molar-refractivity contribution is 0.158. The van der Waals surface area contributed by atoms with Gasteiger partial charge >= 0.3 is 0 Å². The van der Waals surface area contributed by atoms with Gasteiger partial charge in [0, 0.05) is 25.7 Å². The van der Waals surface area contributed by atoms with E-state index in [2.05, 4.69) is 4.90 Å². The smallest absolute Gasteiger partial charge is 0.214 e. The Balaban J connectivity index is 1.88. The Labute approximate surface area is 104 Å². The Morgan fingerprint density at radius 3 is 2.76 bits per heavy atom. The predicted molar refractivity (Wildman–Crippen MR) is 68.2 cm³/mol. The van der Waals surface area contributed by atoms with Gasteiger partial charge < -0.3 is 5.73 Å². The summed E-state index contributed by atoms with van der Waals surface area (Å²) in [6, 6.07) is 0.466. The quantitative estimate of drug-likeness (QED) is 0.698. The van der Waals surface area contributed by atoms with Gasteiger partial charge in [-0.3, -0.25) is 4.90 Å². The summed E-state index contributed by atoms with van der Waals surface area (Å²) in [6.45, 7) is 3.99. The standard InChI is InChI=1S/C11H23N3O2S/c12-5-1-2-9-17(15,16)14-8-7-13-6-3-4-11(13)10-14/h11H,1-10,12H2. The zero-order valence-electron chi connectivity index (χ0n) is 10.3. The van der Waals surface area contributed by atoms with E-state index in [1.165, 1.54) is 6.42 Å². The summed E-state index contributed by atoms with van der Waals surface area (Å²) in [7, 11) is -3.04.